The van der Waals surface area contributed by atoms with Gasteiger partial charge in [-0.3, -0.25) is 0 Å². The highest BCUT2D eigenvalue weighted by Crippen LogP contribution is 2.58. The average molecular weight is 561 g/mol. The smallest absolute Gasteiger partial charge is 0.124 e. The van der Waals surface area contributed by atoms with Gasteiger partial charge < -0.3 is 5.73 Å². The molecule has 1 heterocycles. The first-order valence-electron chi connectivity index (χ1n) is 15.1. The molecule has 1 aliphatic carbocycles. The van der Waals surface area contributed by atoms with Crippen molar-refractivity contribution in [3.8, 4) is 55.6 Å². The summed E-state index contributed by atoms with van der Waals surface area (Å²) in [4.78, 5) is 4.55. The molecular weight excluding hydrogens is 532 g/mol. The van der Waals surface area contributed by atoms with Crippen LogP contribution in [-0.4, -0.2) is 4.98 Å². The molecule has 7 aromatic carbocycles. The minimum absolute atomic E-state index is 0.547. The van der Waals surface area contributed by atoms with Gasteiger partial charge in [0, 0.05) is 11.1 Å². The average Bonchev–Trinajstić information content (AvgIpc) is 3.38. The molecule has 2 heteroatoms. The van der Waals surface area contributed by atoms with Crippen LogP contribution >= 0.6 is 0 Å². The second-order valence-corrected chi connectivity index (χ2v) is 11.7. The molecule has 0 bridgehead atoms. The summed E-state index contributed by atoms with van der Waals surface area (Å²) in [6.07, 6.45) is 0. The predicted octanol–water partition coefficient (Wildman–Crippen LogP) is 11.1. The molecule has 44 heavy (non-hydrogen) atoms. The lowest BCUT2D eigenvalue weighted by atomic mass is 9.82. The summed E-state index contributed by atoms with van der Waals surface area (Å²) < 4.78 is 0. The van der Waals surface area contributed by atoms with Gasteiger partial charge in [0.1, 0.15) is 5.82 Å². The molecule has 2 N–H and O–H groups in total. The number of aryl methyl sites for hydroxylation is 1. The predicted molar refractivity (Wildman–Crippen MR) is 187 cm³/mol. The van der Waals surface area contributed by atoms with Crippen molar-refractivity contribution in [3.05, 3.63) is 145 Å². The van der Waals surface area contributed by atoms with E-state index in [4.69, 9.17) is 5.73 Å². The van der Waals surface area contributed by atoms with Gasteiger partial charge in [0.25, 0.3) is 0 Å². The zero-order valence-corrected chi connectivity index (χ0v) is 24.3. The topological polar surface area (TPSA) is 38.9 Å². The number of pyridine rings is 1. The fourth-order valence-corrected chi connectivity index (χ4v) is 7.50. The molecule has 0 spiro atoms. The van der Waals surface area contributed by atoms with Gasteiger partial charge in [-0.15, -0.1) is 0 Å². The summed E-state index contributed by atoms with van der Waals surface area (Å²) in [5.41, 5.74) is 19.8. The summed E-state index contributed by atoms with van der Waals surface area (Å²) in [6, 6.07) is 50.7. The lowest BCUT2D eigenvalue weighted by Gasteiger charge is -2.20. The number of aromatic nitrogens is 1. The van der Waals surface area contributed by atoms with Gasteiger partial charge in [-0.05, 0) is 108 Å². The number of rotatable bonds is 3. The second kappa shape index (κ2) is 9.39. The highest BCUT2D eigenvalue weighted by Gasteiger charge is 2.31. The normalized spacial score (nSPS) is 11.8. The first-order valence-corrected chi connectivity index (χ1v) is 15.1. The Bertz CT molecular complexity index is 2440. The van der Waals surface area contributed by atoms with Crippen LogP contribution in [0.4, 0.5) is 5.82 Å². The molecule has 0 fully saturated rings. The van der Waals surface area contributed by atoms with E-state index in [1.807, 2.05) is 13.0 Å². The third-order valence-corrected chi connectivity index (χ3v) is 9.25. The molecule has 0 amide bonds. The van der Waals surface area contributed by atoms with Gasteiger partial charge in [-0.2, -0.15) is 0 Å². The number of nitrogens with zero attached hydrogens (tertiary/aromatic N) is 1. The Morgan fingerprint density at radius 2 is 1.00 bits per heavy atom. The zero-order chi connectivity index (χ0) is 29.4. The monoisotopic (exact) mass is 560 g/mol. The third-order valence-electron chi connectivity index (χ3n) is 9.25. The van der Waals surface area contributed by atoms with Gasteiger partial charge in [0.2, 0.25) is 0 Å². The quantitative estimate of drug-likeness (QED) is 0.233. The molecule has 9 rings (SSSR count). The van der Waals surface area contributed by atoms with Crippen LogP contribution in [0.2, 0.25) is 0 Å². The van der Waals surface area contributed by atoms with Crippen LogP contribution < -0.4 is 5.73 Å². The molecule has 8 aromatic rings. The molecule has 1 aromatic heterocycles. The van der Waals surface area contributed by atoms with Crippen LogP contribution in [0.1, 0.15) is 5.69 Å². The molecule has 0 unspecified atom stereocenters. The van der Waals surface area contributed by atoms with E-state index in [1.54, 1.807) is 0 Å². The Morgan fingerprint density at radius 3 is 1.68 bits per heavy atom. The second-order valence-electron chi connectivity index (χ2n) is 11.7. The van der Waals surface area contributed by atoms with Crippen molar-refractivity contribution in [2.24, 2.45) is 0 Å². The maximum Gasteiger partial charge on any atom is 0.124 e. The van der Waals surface area contributed by atoms with E-state index in [2.05, 4.69) is 138 Å². The number of anilines is 1. The molecule has 206 valence electrons. The van der Waals surface area contributed by atoms with Crippen molar-refractivity contribution >= 4 is 38.1 Å². The van der Waals surface area contributed by atoms with Crippen molar-refractivity contribution in [1.82, 2.24) is 4.98 Å². The fraction of sp³-hybridized carbons (Fsp3) is 0.0238. The highest BCUT2D eigenvalue weighted by atomic mass is 14.8. The molecule has 0 atom stereocenters. The Kier molecular flexibility index (Phi) is 5.30. The van der Waals surface area contributed by atoms with Crippen molar-refractivity contribution in [2.45, 2.75) is 6.92 Å². The van der Waals surface area contributed by atoms with Crippen molar-refractivity contribution in [1.29, 1.82) is 0 Å². The largest absolute Gasteiger partial charge is 0.384 e. The summed E-state index contributed by atoms with van der Waals surface area (Å²) >= 11 is 0. The van der Waals surface area contributed by atoms with Crippen LogP contribution in [0.3, 0.4) is 0 Å². The Labute approximate surface area is 256 Å². The zero-order valence-electron chi connectivity index (χ0n) is 24.3. The van der Waals surface area contributed by atoms with Crippen LogP contribution in [0.25, 0.3) is 88.0 Å². The van der Waals surface area contributed by atoms with Crippen LogP contribution in [0.15, 0.2) is 140 Å². The van der Waals surface area contributed by atoms with E-state index in [0.29, 0.717) is 5.82 Å². The molecule has 0 aliphatic heterocycles. The van der Waals surface area contributed by atoms with Crippen molar-refractivity contribution in [3.63, 3.8) is 0 Å². The first kappa shape index (κ1) is 24.8. The van der Waals surface area contributed by atoms with E-state index in [1.165, 1.54) is 77.2 Å². The Balaban J connectivity index is 1.47. The first-order chi connectivity index (χ1) is 21.7. The van der Waals surface area contributed by atoms with Crippen molar-refractivity contribution in [2.75, 3.05) is 5.73 Å². The highest BCUT2D eigenvalue weighted by molar-refractivity contribution is 6.28. The minimum Gasteiger partial charge on any atom is -0.384 e. The number of nitrogens with two attached hydrogens (primary N) is 1. The van der Waals surface area contributed by atoms with Gasteiger partial charge in [-0.1, -0.05) is 121 Å². The summed E-state index contributed by atoms with van der Waals surface area (Å²) in [5, 5.41) is 7.35. The molecule has 2 nitrogen and oxygen atoms in total. The molecular formula is C42H28N2. The van der Waals surface area contributed by atoms with Gasteiger partial charge >= 0.3 is 0 Å². The summed E-state index contributed by atoms with van der Waals surface area (Å²) in [5.74, 6) is 0.547. The summed E-state index contributed by atoms with van der Waals surface area (Å²) in [7, 11) is 0. The third kappa shape index (κ3) is 3.52. The maximum absolute atomic E-state index is 6.29. The van der Waals surface area contributed by atoms with E-state index in [9.17, 15) is 0 Å². The Morgan fingerprint density at radius 1 is 0.432 bits per heavy atom. The lowest BCUT2D eigenvalue weighted by Crippen LogP contribution is -1.95. The Hall–Kier alpha value is -5.73. The van der Waals surface area contributed by atoms with Crippen LogP contribution in [0.5, 0.6) is 0 Å². The number of hydrogen-bond acceptors (Lipinski definition) is 2. The number of nitrogen functional groups attached to an aromatic ring is 1. The summed E-state index contributed by atoms with van der Waals surface area (Å²) in [6.45, 7) is 2.04. The number of benzene rings is 7. The van der Waals surface area contributed by atoms with E-state index in [0.717, 1.165) is 16.5 Å². The maximum atomic E-state index is 6.29. The van der Waals surface area contributed by atoms with Gasteiger partial charge in [0.05, 0.1) is 0 Å². The lowest BCUT2D eigenvalue weighted by molar-refractivity contribution is 1.24. The fourth-order valence-electron chi connectivity index (χ4n) is 7.50. The molecule has 0 radical (unpaired) electrons. The number of fused-ring (bicyclic) bond motifs is 5. The standard InChI is InChI=1S/C42H28N2/c1-25-30-19-11-20-31(35(30)24-37(43)44-25)29-22-28-16-10-21-34-38(28)36(23-29)42-40(27-14-6-3-7-15-27)33-18-9-8-17-32(33)39(41(34)42)26-12-4-2-5-13-26/h2-24H,1H3,(H2,43,44). The van der Waals surface area contributed by atoms with E-state index < -0.39 is 0 Å². The molecule has 1 aliphatic rings. The van der Waals surface area contributed by atoms with Gasteiger partial charge in [-0.25, -0.2) is 4.98 Å². The van der Waals surface area contributed by atoms with Crippen LogP contribution in [-0.2, 0) is 0 Å². The van der Waals surface area contributed by atoms with E-state index in [-0.39, 0.29) is 0 Å². The SMILES string of the molecule is Cc1nc(N)cc2c(-c3cc4c5c(cccc5c3)-c3c-4c(-c4ccccc4)c4ccccc4c3-c3ccccc3)cccc12. The van der Waals surface area contributed by atoms with E-state index >= 15 is 0 Å². The molecule has 0 saturated heterocycles. The molecule has 0 saturated carbocycles. The minimum atomic E-state index is 0.547. The van der Waals surface area contributed by atoms with Crippen molar-refractivity contribution < 1.29 is 0 Å². The van der Waals surface area contributed by atoms with Gasteiger partial charge in [0.15, 0.2) is 0 Å². The number of hydrogen-bond donors (Lipinski definition) is 1. The van der Waals surface area contributed by atoms with Crippen LogP contribution in [0, 0.1) is 6.92 Å².